The summed E-state index contributed by atoms with van der Waals surface area (Å²) in [6.07, 6.45) is 3.76. The van der Waals surface area contributed by atoms with E-state index in [0.29, 0.717) is 19.6 Å². The predicted octanol–water partition coefficient (Wildman–Crippen LogP) is 1.02. The second-order valence-corrected chi connectivity index (χ2v) is 5.80. The third-order valence-corrected chi connectivity index (χ3v) is 4.14. The Morgan fingerprint density at radius 3 is 2.59 bits per heavy atom. The average molecular weight is 335 g/mol. The van der Waals surface area contributed by atoms with Crippen molar-refractivity contribution in [2.75, 3.05) is 26.4 Å². The molecule has 1 saturated heterocycles. The minimum absolute atomic E-state index is 0. The number of hydrogen-bond donors (Lipinski definition) is 2. The minimum atomic E-state index is -0.0918. The number of carbonyl (C=O) groups excluding carboxylic acids is 2. The first-order chi connectivity index (χ1) is 10.2. The lowest BCUT2D eigenvalue weighted by atomic mass is 9.86. The Morgan fingerprint density at radius 2 is 2.00 bits per heavy atom. The van der Waals surface area contributed by atoms with Gasteiger partial charge in [-0.15, -0.1) is 12.4 Å². The molecule has 1 unspecified atom stereocenters. The van der Waals surface area contributed by atoms with Crippen LogP contribution in [0.15, 0.2) is 0 Å². The largest absolute Gasteiger partial charge is 0.466 e. The fraction of sp³-hybridized carbons (Fsp3) is 0.867. The smallest absolute Gasteiger partial charge is 0.308 e. The summed E-state index contributed by atoms with van der Waals surface area (Å²) in [5.74, 6) is -0.0186. The summed E-state index contributed by atoms with van der Waals surface area (Å²) >= 11 is 0. The van der Waals surface area contributed by atoms with Crippen molar-refractivity contribution in [3.05, 3.63) is 0 Å². The van der Waals surface area contributed by atoms with Crippen molar-refractivity contribution in [2.45, 2.75) is 51.1 Å². The summed E-state index contributed by atoms with van der Waals surface area (Å²) in [7, 11) is 0. The standard InChI is InChI=1S/C15H26N2O4.ClH/c1-2-21-15(19)11-3-5-12(6-4-11)17-14(18)9-13-10-20-8-7-16-13;/h11-13,16H,2-10H2,1H3,(H,17,18);1H. The molecule has 1 aliphatic heterocycles. The highest BCUT2D eigenvalue weighted by Gasteiger charge is 2.28. The molecule has 0 aromatic rings. The average Bonchev–Trinajstić information content (AvgIpc) is 2.49. The van der Waals surface area contributed by atoms with E-state index in [4.69, 9.17) is 9.47 Å². The molecular weight excluding hydrogens is 308 g/mol. The Hall–Kier alpha value is -0.850. The summed E-state index contributed by atoms with van der Waals surface area (Å²) in [4.78, 5) is 23.7. The number of ether oxygens (including phenoxy) is 2. The van der Waals surface area contributed by atoms with E-state index in [-0.39, 0.29) is 42.3 Å². The summed E-state index contributed by atoms with van der Waals surface area (Å²) in [6, 6.07) is 0.308. The molecular formula is C15H27ClN2O4. The van der Waals surface area contributed by atoms with Crippen molar-refractivity contribution in [1.29, 1.82) is 0 Å². The zero-order valence-corrected chi connectivity index (χ0v) is 14.0. The first-order valence-corrected chi connectivity index (χ1v) is 7.96. The molecule has 0 radical (unpaired) electrons. The van der Waals surface area contributed by atoms with E-state index in [1.807, 2.05) is 6.92 Å². The molecule has 2 N–H and O–H groups in total. The maximum absolute atomic E-state index is 12.0. The number of morpholine rings is 1. The van der Waals surface area contributed by atoms with Gasteiger partial charge in [0.25, 0.3) is 0 Å². The van der Waals surface area contributed by atoms with Crippen LogP contribution < -0.4 is 10.6 Å². The van der Waals surface area contributed by atoms with Gasteiger partial charge in [-0.2, -0.15) is 0 Å². The lowest BCUT2D eigenvalue weighted by molar-refractivity contribution is -0.149. The molecule has 1 aliphatic carbocycles. The summed E-state index contributed by atoms with van der Waals surface area (Å²) in [5, 5.41) is 6.35. The van der Waals surface area contributed by atoms with Gasteiger partial charge in [0.1, 0.15) is 0 Å². The normalized spacial score (nSPS) is 28.3. The Kier molecular flexibility index (Phi) is 8.75. The van der Waals surface area contributed by atoms with Crippen molar-refractivity contribution in [3.63, 3.8) is 0 Å². The van der Waals surface area contributed by atoms with E-state index in [9.17, 15) is 9.59 Å². The van der Waals surface area contributed by atoms with Crippen LogP contribution in [0.2, 0.25) is 0 Å². The monoisotopic (exact) mass is 334 g/mol. The molecule has 2 aliphatic rings. The molecule has 1 saturated carbocycles. The van der Waals surface area contributed by atoms with Gasteiger partial charge in [0.05, 0.1) is 25.7 Å². The van der Waals surface area contributed by atoms with Crippen LogP contribution in [0.5, 0.6) is 0 Å². The summed E-state index contributed by atoms with van der Waals surface area (Å²) in [6.45, 7) is 4.39. The molecule has 0 spiro atoms. The van der Waals surface area contributed by atoms with Crippen molar-refractivity contribution in [1.82, 2.24) is 10.6 Å². The fourth-order valence-electron chi connectivity index (χ4n) is 2.99. The molecule has 22 heavy (non-hydrogen) atoms. The van der Waals surface area contributed by atoms with E-state index in [1.165, 1.54) is 0 Å². The van der Waals surface area contributed by atoms with Crippen molar-refractivity contribution < 1.29 is 19.1 Å². The van der Waals surface area contributed by atoms with Gasteiger partial charge >= 0.3 is 5.97 Å². The number of amides is 1. The molecule has 0 aromatic carbocycles. The topological polar surface area (TPSA) is 76.7 Å². The van der Waals surface area contributed by atoms with Crippen molar-refractivity contribution in [2.24, 2.45) is 5.92 Å². The first-order valence-electron chi connectivity index (χ1n) is 7.96. The Labute approximate surface area is 138 Å². The van der Waals surface area contributed by atoms with Crippen LogP contribution in [0, 0.1) is 5.92 Å². The molecule has 6 nitrogen and oxygen atoms in total. The molecule has 0 aromatic heterocycles. The first kappa shape index (κ1) is 19.2. The highest BCUT2D eigenvalue weighted by molar-refractivity contribution is 5.85. The van der Waals surface area contributed by atoms with Gasteiger partial charge < -0.3 is 20.1 Å². The summed E-state index contributed by atoms with van der Waals surface area (Å²) < 4.78 is 10.4. The van der Waals surface area contributed by atoms with Gasteiger partial charge in [-0.3, -0.25) is 9.59 Å². The summed E-state index contributed by atoms with van der Waals surface area (Å²) in [5.41, 5.74) is 0. The van der Waals surface area contributed by atoms with Gasteiger partial charge in [-0.25, -0.2) is 0 Å². The zero-order chi connectivity index (χ0) is 15.1. The molecule has 0 bridgehead atoms. The SMILES string of the molecule is CCOC(=O)C1CCC(NC(=O)CC2COCCN2)CC1.Cl. The van der Waals surface area contributed by atoms with E-state index in [2.05, 4.69) is 10.6 Å². The van der Waals surface area contributed by atoms with Crippen LogP contribution in [-0.4, -0.2) is 50.3 Å². The second-order valence-electron chi connectivity index (χ2n) is 5.80. The lowest BCUT2D eigenvalue weighted by Gasteiger charge is -2.29. The van der Waals surface area contributed by atoms with Crippen LogP contribution in [0.4, 0.5) is 0 Å². The third kappa shape index (κ3) is 6.10. The highest BCUT2D eigenvalue weighted by atomic mass is 35.5. The van der Waals surface area contributed by atoms with Gasteiger partial charge in [0.2, 0.25) is 5.91 Å². The van der Waals surface area contributed by atoms with Crippen LogP contribution in [0.1, 0.15) is 39.0 Å². The molecule has 7 heteroatoms. The maximum atomic E-state index is 12.0. The van der Waals surface area contributed by atoms with Gasteiger partial charge in [0.15, 0.2) is 0 Å². The molecule has 1 atom stereocenters. The number of halogens is 1. The maximum Gasteiger partial charge on any atom is 0.308 e. The number of nitrogens with one attached hydrogen (secondary N) is 2. The third-order valence-electron chi connectivity index (χ3n) is 4.14. The Morgan fingerprint density at radius 1 is 1.27 bits per heavy atom. The van der Waals surface area contributed by atoms with Crippen LogP contribution >= 0.6 is 12.4 Å². The molecule has 1 amide bonds. The van der Waals surface area contributed by atoms with E-state index in [0.717, 1.165) is 38.8 Å². The Bertz CT molecular complexity index is 353. The fourth-order valence-corrected chi connectivity index (χ4v) is 2.99. The molecule has 1 heterocycles. The lowest BCUT2D eigenvalue weighted by Crippen LogP contribution is -2.46. The van der Waals surface area contributed by atoms with Crippen molar-refractivity contribution in [3.8, 4) is 0 Å². The molecule has 128 valence electrons. The predicted molar refractivity (Wildman–Crippen MR) is 85.0 cm³/mol. The van der Waals surface area contributed by atoms with Gasteiger partial charge in [-0.1, -0.05) is 0 Å². The molecule has 2 rings (SSSR count). The van der Waals surface area contributed by atoms with Crippen LogP contribution in [0.3, 0.4) is 0 Å². The number of carbonyl (C=O) groups is 2. The van der Waals surface area contributed by atoms with E-state index in [1.54, 1.807) is 0 Å². The second kappa shape index (κ2) is 10.0. The highest BCUT2D eigenvalue weighted by Crippen LogP contribution is 2.25. The van der Waals surface area contributed by atoms with Crippen LogP contribution in [0.25, 0.3) is 0 Å². The Balaban J connectivity index is 0.00000242. The van der Waals surface area contributed by atoms with E-state index >= 15 is 0 Å². The number of esters is 1. The van der Waals surface area contributed by atoms with Gasteiger partial charge in [-0.05, 0) is 32.6 Å². The van der Waals surface area contributed by atoms with Crippen LogP contribution in [-0.2, 0) is 19.1 Å². The molecule has 2 fully saturated rings. The zero-order valence-electron chi connectivity index (χ0n) is 13.1. The van der Waals surface area contributed by atoms with E-state index < -0.39 is 0 Å². The number of rotatable bonds is 5. The minimum Gasteiger partial charge on any atom is -0.466 e. The number of hydrogen-bond acceptors (Lipinski definition) is 5. The van der Waals surface area contributed by atoms with Gasteiger partial charge in [0, 0.05) is 25.0 Å². The van der Waals surface area contributed by atoms with Crippen molar-refractivity contribution >= 4 is 24.3 Å². The quantitative estimate of drug-likeness (QED) is 0.734.